The minimum atomic E-state index is -0.370. The average molecular weight is 265 g/mol. The second kappa shape index (κ2) is 6.84. The molecule has 0 spiro atoms. The zero-order valence-electron chi connectivity index (χ0n) is 11.5. The molecule has 1 aliphatic heterocycles. The van der Waals surface area contributed by atoms with E-state index in [1.807, 2.05) is 6.92 Å². The first-order valence-electron chi connectivity index (χ1n) is 6.92. The monoisotopic (exact) mass is 265 g/mol. The van der Waals surface area contributed by atoms with Crippen molar-refractivity contribution in [3.05, 3.63) is 23.5 Å². The number of aliphatic hydroxyl groups excluding tert-OH is 1. The number of hydrogen-bond acceptors (Lipinski definition) is 5. The minimum absolute atomic E-state index is 0.201. The van der Waals surface area contributed by atoms with Gasteiger partial charge in [0.2, 0.25) is 0 Å². The molecule has 0 aromatic carbocycles. The average Bonchev–Trinajstić information content (AvgIpc) is 2.86. The molecule has 1 fully saturated rings. The highest BCUT2D eigenvalue weighted by Gasteiger charge is 2.15. The third kappa shape index (κ3) is 4.45. The fraction of sp³-hybridized carbons (Fsp3) is 0.643. The fourth-order valence-corrected chi connectivity index (χ4v) is 2.42. The van der Waals surface area contributed by atoms with E-state index in [4.69, 9.17) is 0 Å². The van der Waals surface area contributed by atoms with Gasteiger partial charge in [0.1, 0.15) is 5.75 Å². The molecule has 0 aliphatic carbocycles. The van der Waals surface area contributed by atoms with Crippen molar-refractivity contribution in [2.45, 2.75) is 32.4 Å². The highest BCUT2D eigenvalue weighted by Crippen LogP contribution is 2.14. The van der Waals surface area contributed by atoms with E-state index in [2.05, 4.69) is 15.2 Å². The molecule has 3 N–H and O–H groups in total. The van der Waals surface area contributed by atoms with Crippen molar-refractivity contribution in [1.29, 1.82) is 0 Å². The number of likely N-dealkylation sites (tertiary alicyclic amines) is 1. The molecule has 2 rings (SSSR count). The molecule has 2 heterocycles. The van der Waals surface area contributed by atoms with Gasteiger partial charge in [-0.2, -0.15) is 0 Å². The van der Waals surface area contributed by atoms with Gasteiger partial charge in [0, 0.05) is 25.3 Å². The molecular weight excluding hydrogens is 242 g/mol. The summed E-state index contributed by atoms with van der Waals surface area (Å²) in [7, 11) is 0. The first-order chi connectivity index (χ1) is 9.15. The van der Waals surface area contributed by atoms with Crippen molar-refractivity contribution < 1.29 is 10.2 Å². The summed E-state index contributed by atoms with van der Waals surface area (Å²) in [6.45, 7) is 5.80. The Balaban J connectivity index is 1.71. The van der Waals surface area contributed by atoms with Crippen molar-refractivity contribution in [3.63, 3.8) is 0 Å². The Kier molecular flexibility index (Phi) is 5.13. The van der Waals surface area contributed by atoms with Crippen molar-refractivity contribution in [1.82, 2.24) is 15.2 Å². The quantitative estimate of drug-likeness (QED) is 0.704. The predicted octanol–water partition coefficient (Wildman–Crippen LogP) is 0.642. The second-order valence-electron chi connectivity index (χ2n) is 5.21. The number of aromatic hydroxyl groups is 1. The Labute approximate surface area is 114 Å². The lowest BCUT2D eigenvalue weighted by atomic mass is 10.2. The maximum Gasteiger partial charge on any atom is 0.138 e. The molecule has 1 aromatic heterocycles. The third-order valence-corrected chi connectivity index (χ3v) is 3.43. The van der Waals surface area contributed by atoms with E-state index in [-0.39, 0.29) is 11.9 Å². The van der Waals surface area contributed by atoms with Crippen LogP contribution in [-0.4, -0.2) is 52.4 Å². The van der Waals surface area contributed by atoms with Gasteiger partial charge in [-0.15, -0.1) is 0 Å². The van der Waals surface area contributed by atoms with Gasteiger partial charge in [0.25, 0.3) is 0 Å². The van der Waals surface area contributed by atoms with Crippen LogP contribution in [0, 0.1) is 6.92 Å². The molecule has 19 heavy (non-hydrogen) atoms. The largest absolute Gasteiger partial charge is 0.506 e. The van der Waals surface area contributed by atoms with Gasteiger partial charge in [-0.3, -0.25) is 4.98 Å². The Bertz CT molecular complexity index is 406. The van der Waals surface area contributed by atoms with Gasteiger partial charge >= 0.3 is 0 Å². The number of pyridine rings is 1. The summed E-state index contributed by atoms with van der Waals surface area (Å²) < 4.78 is 0. The smallest absolute Gasteiger partial charge is 0.138 e. The maximum absolute atomic E-state index is 9.92. The van der Waals surface area contributed by atoms with Crippen LogP contribution in [0.1, 0.15) is 24.2 Å². The number of nitrogens with one attached hydrogen (secondary N) is 1. The molecule has 0 radical (unpaired) electrons. The second-order valence-corrected chi connectivity index (χ2v) is 5.21. The van der Waals surface area contributed by atoms with Crippen molar-refractivity contribution >= 4 is 0 Å². The molecule has 5 nitrogen and oxygen atoms in total. The number of hydrogen-bond donors (Lipinski definition) is 3. The van der Waals surface area contributed by atoms with Crippen LogP contribution in [0.3, 0.4) is 0 Å². The molecule has 0 saturated carbocycles. The molecule has 1 aromatic rings. The van der Waals surface area contributed by atoms with E-state index < -0.39 is 0 Å². The molecule has 106 valence electrons. The lowest BCUT2D eigenvalue weighted by molar-refractivity contribution is 0.123. The summed E-state index contributed by atoms with van der Waals surface area (Å²) in [6, 6.07) is 3.43. The Morgan fingerprint density at radius 2 is 2.11 bits per heavy atom. The van der Waals surface area contributed by atoms with Crippen molar-refractivity contribution in [2.24, 2.45) is 0 Å². The SMILES string of the molecule is Cc1ccc(O)c(CNCC(O)CN2CCCC2)n1. The summed E-state index contributed by atoms with van der Waals surface area (Å²) >= 11 is 0. The summed E-state index contributed by atoms with van der Waals surface area (Å²) in [5, 5.41) is 22.7. The van der Waals surface area contributed by atoms with Crippen molar-refractivity contribution in [2.75, 3.05) is 26.2 Å². The molecule has 1 atom stereocenters. The van der Waals surface area contributed by atoms with Gasteiger partial charge in [0.15, 0.2) is 0 Å². The van der Waals surface area contributed by atoms with Crippen LogP contribution < -0.4 is 5.32 Å². The van der Waals surface area contributed by atoms with E-state index in [0.717, 1.165) is 25.3 Å². The summed E-state index contributed by atoms with van der Waals surface area (Å²) in [4.78, 5) is 6.55. The maximum atomic E-state index is 9.92. The summed E-state index contributed by atoms with van der Waals surface area (Å²) in [6.07, 6.45) is 2.10. The topological polar surface area (TPSA) is 68.6 Å². The lowest BCUT2D eigenvalue weighted by Gasteiger charge is -2.19. The number of aliphatic hydroxyl groups is 1. The van der Waals surface area contributed by atoms with Gasteiger partial charge in [-0.1, -0.05) is 0 Å². The Morgan fingerprint density at radius 3 is 2.84 bits per heavy atom. The molecule has 0 bridgehead atoms. The van der Waals surface area contributed by atoms with Gasteiger partial charge in [-0.05, 0) is 45.0 Å². The molecule has 1 saturated heterocycles. The number of nitrogens with zero attached hydrogens (tertiary/aromatic N) is 2. The highest BCUT2D eigenvalue weighted by atomic mass is 16.3. The molecule has 1 unspecified atom stereocenters. The molecule has 1 aliphatic rings. The van der Waals surface area contributed by atoms with Crippen LogP contribution in [0.25, 0.3) is 0 Å². The molecule has 0 amide bonds. The zero-order valence-corrected chi connectivity index (χ0v) is 11.5. The van der Waals surface area contributed by atoms with E-state index >= 15 is 0 Å². The summed E-state index contributed by atoms with van der Waals surface area (Å²) in [5.41, 5.74) is 1.51. The zero-order chi connectivity index (χ0) is 13.7. The highest BCUT2D eigenvalue weighted by molar-refractivity contribution is 5.27. The Hall–Kier alpha value is -1.17. The van der Waals surface area contributed by atoms with E-state index in [0.29, 0.717) is 18.8 Å². The van der Waals surface area contributed by atoms with Crippen LogP contribution in [0.2, 0.25) is 0 Å². The third-order valence-electron chi connectivity index (χ3n) is 3.43. The lowest BCUT2D eigenvalue weighted by Crippen LogP contribution is -2.36. The number of rotatable bonds is 6. The first kappa shape index (κ1) is 14.2. The van der Waals surface area contributed by atoms with Gasteiger partial charge in [-0.25, -0.2) is 0 Å². The first-order valence-corrected chi connectivity index (χ1v) is 6.92. The number of aromatic nitrogens is 1. The van der Waals surface area contributed by atoms with Crippen LogP contribution >= 0.6 is 0 Å². The van der Waals surface area contributed by atoms with Gasteiger partial charge in [0.05, 0.1) is 11.8 Å². The van der Waals surface area contributed by atoms with Gasteiger partial charge < -0.3 is 20.4 Å². The number of β-amino-alcohol motifs (C(OH)–C–C–N with tert-alkyl or cyclic N) is 1. The van der Waals surface area contributed by atoms with Crippen LogP contribution in [0.4, 0.5) is 0 Å². The molecular formula is C14H23N3O2. The fourth-order valence-electron chi connectivity index (χ4n) is 2.42. The van der Waals surface area contributed by atoms with Crippen molar-refractivity contribution in [3.8, 4) is 5.75 Å². The van der Waals surface area contributed by atoms with E-state index in [1.54, 1.807) is 12.1 Å². The molecule has 5 heteroatoms. The normalized spacial score (nSPS) is 17.8. The van der Waals surface area contributed by atoms with Crippen LogP contribution in [0.15, 0.2) is 12.1 Å². The Morgan fingerprint density at radius 1 is 1.37 bits per heavy atom. The minimum Gasteiger partial charge on any atom is -0.506 e. The predicted molar refractivity (Wildman–Crippen MR) is 74.0 cm³/mol. The standard InChI is InChI=1S/C14H23N3O2/c1-11-4-5-14(19)13(16-11)9-15-8-12(18)10-17-6-2-3-7-17/h4-5,12,15,18-19H,2-3,6-10H2,1H3. The number of aryl methyl sites for hydroxylation is 1. The van der Waals surface area contributed by atoms with E-state index in [9.17, 15) is 10.2 Å². The van der Waals surface area contributed by atoms with Crippen LogP contribution in [0.5, 0.6) is 5.75 Å². The van der Waals surface area contributed by atoms with E-state index in [1.165, 1.54) is 12.8 Å². The van der Waals surface area contributed by atoms with Crippen LogP contribution in [-0.2, 0) is 6.54 Å². The summed E-state index contributed by atoms with van der Waals surface area (Å²) in [5.74, 6) is 0.201.